The summed E-state index contributed by atoms with van der Waals surface area (Å²) in [7, 11) is 0. The zero-order valence-corrected chi connectivity index (χ0v) is 19.7. The van der Waals surface area contributed by atoms with Crippen LogP contribution in [0.25, 0.3) is 0 Å². The molecule has 2 aliphatic rings. The van der Waals surface area contributed by atoms with Gasteiger partial charge in [0.25, 0.3) is 5.91 Å². The maximum atomic E-state index is 13.2. The Bertz CT molecular complexity index is 908. The second kappa shape index (κ2) is 11.5. The molecule has 1 atom stereocenters. The zero-order valence-electron chi connectivity index (χ0n) is 18.9. The zero-order chi connectivity index (χ0) is 23.0. The lowest BCUT2D eigenvalue weighted by Crippen LogP contribution is -2.58. The van der Waals surface area contributed by atoms with Gasteiger partial charge in [-0.25, -0.2) is 0 Å². The van der Waals surface area contributed by atoms with Crippen LogP contribution in [0.15, 0.2) is 54.6 Å². The van der Waals surface area contributed by atoms with Crippen molar-refractivity contribution in [1.29, 1.82) is 0 Å². The first kappa shape index (κ1) is 23.6. The lowest BCUT2D eigenvalue weighted by molar-refractivity contribution is -0.137. The van der Waals surface area contributed by atoms with E-state index in [2.05, 4.69) is 10.2 Å². The van der Waals surface area contributed by atoms with Crippen molar-refractivity contribution in [3.63, 3.8) is 0 Å². The molecule has 2 aromatic rings. The van der Waals surface area contributed by atoms with Crippen molar-refractivity contribution in [3.05, 3.63) is 65.2 Å². The molecule has 1 saturated heterocycles. The van der Waals surface area contributed by atoms with Gasteiger partial charge in [-0.2, -0.15) is 0 Å². The van der Waals surface area contributed by atoms with Crippen molar-refractivity contribution in [2.45, 2.75) is 38.3 Å². The fraction of sp³-hybridized carbons (Fsp3) is 0.462. The van der Waals surface area contributed by atoms with Gasteiger partial charge in [0.05, 0.1) is 6.04 Å². The molecule has 1 aliphatic carbocycles. The Morgan fingerprint density at radius 1 is 0.970 bits per heavy atom. The smallest absolute Gasteiger partial charge is 0.260 e. The standard InChI is InChI=1S/C26H32ClN3O3/c27-22-10-12-23(13-11-22)33-19-24(31)29-14-16-30(17-15-29)25(21-8-4-5-9-21)26(32)28-18-20-6-2-1-3-7-20/h1-3,6-7,10-13,21,25H,4-5,8-9,14-19H2,(H,28,32). The molecular weight excluding hydrogens is 438 g/mol. The third-order valence-corrected chi connectivity index (χ3v) is 6.91. The maximum absolute atomic E-state index is 13.2. The summed E-state index contributed by atoms with van der Waals surface area (Å²) in [4.78, 5) is 30.0. The van der Waals surface area contributed by atoms with Crippen molar-refractivity contribution in [2.24, 2.45) is 5.92 Å². The van der Waals surface area contributed by atoms with E-state index in [1.165, 1.54) is 12.8 Å². The molecule has 1 saturated carbocycles. The number of rotatable bonds is 8. The van der Waals surface area contributed by atoms with Gasteiger partial charge in [0, 0.05) is 37.7 Å². The molecular formula is C26H32ClN3O3. The summed E-state index contributed by atoms with van der Waals surface area (Å²) in [5.74, 6) is 1.09. The number of nitrogens with zero attached hydrogens (tertiary/aromatic N) is 2. The average molecular weight is 470 g/mol. The van der Waals surface area contributed by atoms with Crippen LogP contribution in [0, 0.1) is 5.92 Å². The molecule has 2 fully saturated rings. The summed E-state index contributed by atoms with van der Waals surface area (Å²) in [6, 6.07) is 16.9. The van der Waals surface area contributed by atoms with Crippen LogP contribution in [0.4, 0.5) is 0 Å². The van der Waals surface area contributed by atoms with E-state index in [1.807, 2.05) is 35.2 Å². The van der Waals surface area contributed by atoms with Gasteiger partial charge in [-0.1, -0.05) is 54.8 Å². The summed E-state index contributed by atoms with van der Waals surface area (Å²) in [6.45, 7) is 3.17. The third kappa shape index (κ3) is 6.49. The van der Waals surface area contributed by atoms with E-state index in [9.17, 15) is 9.59 Å². The Morgan fingerprint density at radius 2 is 1.64 bits per heavy atom. The number of piperazine rings is 1. The molecule has 2 amide bonds. The fourth-order valence-corrected chi connectivity index (χ4v) is 4.98. The summed E-state index contributed by atoms with van der Waals surface area (Å²) in [6.07, 6.45) is 4.57. The molecule has 6 nitrogen and oxygen atoms in total. The monoisotopic (exact) mass is 469 g/mol. The quantitative estimate of drug-likeness (QED) is 0.639. The van der Waals surface area contributed by atoms with E-state index in [0.29, 0.717) is 49.4 Å². The highest BCUT2D eigenvalue weighted by Gasteiger charge is 2.37. The van der Waals surface area contributed by atoms with Gasteiger partial charge < -0.3 is 15.0 Å². The molecule has 4 rings (SSSR count). The second-order valence-corrected chi connectivity index (χ2v) is 9.29. The first-order valence-corrected chi connectivity index (χ1v) is 12.2. The Labute approximate surface area is 200 Å². The third-order valence-electron chi connectivity index (χ3n) is 6.66. The van der Waals surface area contributed by atoms with Crippen molar-refractivity contribution < 1.29 is 14.3 Å². The predicted octanol–water partition coefficient (Wildman–Crippen LogP) is 3.74. The molecule has 1 unspecified atom stereocenters. The average Bonchev–Trinajstić information content (AvgIpc) is 3.38. The minimum atomic E-state index is -0.126. The van der Waals surface area contributed by atoms with Crippen LogP contribution >= 0.6 is 11.6 Å². The topological polar surface area (TPSA) is 61.9 Å². The molecule has 1 heterocycles. The Balaban J connectivity index is 1.30. The number of hydrogen-bond acceptors (Lipinski definition) is 4. The van der Waals surface area contributed by atoms with Crippen LogP contribution in [0.1, 0.15) is 31.2 Å². The summed E-state index contributed by atoms with van der Waals surface area (Å²) < 4.78 is 5.62. The molecule has 0 radical (unpaired) electrons. The van der Waals surface area contributed by atoms with Gasteiger partial charge in [-0.3, -0.25) is 14.5 Å². The minimum absolute atomic E-state index is 0.00521. The predicted molar refractivity (Wildman–Crippen MR) is 129 cm³/mol. The normalized spacial score (nSPS) is 18.2. The lowest BCUT2D eigenvalue weighted by atomic mass is 9.95. The molecule has 7 heteroatoms. The van der Waals surface area contributed by atoms with Crippen molar-refractivity contribution >= 4 is 23.4 Å². The van der Waals surface area contributed by atoms with E-state index >= 15 is 0 Å². The van der Waals surface area contributed by atoms with Gasteiger partial charge in [0.15, 0.2) is 6.61 Å². The maximum Gasteiger partial charge on any atom is 0.260 e. The SMILES string of the molecule is O=C(NCc1ccccc1)C(C1CCCC1)N1CCN(C(=O)COc2ccc(Cl)cc2)CC1. The van der Waals surface area contributed by atoms with Crippen LogP contribution in [0.3, 0.4) is 0 Å². The fourth-order valence-electron chi connectivity index (χ4n) is 4.86. The number of amides is 2. The molecule has 33 heavy (non-hydrogen) atoms. The Kier molecular flexibility index (Phi) is 8.24. The van der Waals surface area contributed by atoms with Crippen molar-refractivity contribution in [1.82, 2.24) is 15.1 Å². The van der Waals surface area contributed by atoms with Crippen molar-refractivity contribution in [2.75, 3.05) is 32.8 Å². The molecule has 0 bridgehead atoms. The lowest BCUT2D eigenvalue weighted by Gasteiger charge is -2.40. The number of halogens is 1. The Hall–Kier alpha value is -2.57. The minimum Gasteiger partial charge on any atom is -0.484 e. The number of carbonyl (C=O) groups is 2. The summed E-state index contributed by atoms with van der Waals surface area (Å²) in [5, 5.41) is 3.79. The largest absolute Gasteiger partial charge is 0.484 e. The van der Waals surface area contributed by atoms with Gasteiger partial charge >= 0.3 is 0 Å². The van der Waals surface area contributed by atoms with E-state index in [0.717, 1.165) is 18.4 Å². The van der Waals surface area contributed by atoms with E-state index < -0.39 is 0 Å². The summed E-state index contributed by atoms with van der Waals surface area (Å²) in [5.41, 5.74) is 1.10. The highest BCUT2D eigenvalue weighted by Crippen LogP contribution is 2.31. The first-order valence-electron chi connectivity index (χ1n) is 11.8. The van der Waals surface area contributed by atoms with E-state index in [1.54, 1.807) is 24.3 Å². The van der Waals surface area contributed by atoms with Crippen LogP contribution in [-0.2, 0) is 16.1 Å². The molecule has 176 valence electrons. The number of benzene rings is 2. The second-order valence-electron chi connectivity index (χ2n) is 8.85. The number of ether oxygens (including phenoxy) is 1. The van der Waals surface area contributed by atoms with Crippen molar-refractivity contribution in [3.8, 4) is 5.75 Å². The molecule has 1 N–H and O–H groups in total. The van der Waals surface area contributed by atoms with Crippen LogP contribution in [0.5, 0.6) is 5.75 Å². The van der Waals surface area contributed by atoms with E-state index in [4.69, 9.17) is 16.3 Å². The molecule has 0 aromatic heterocycles. The highest BCUT2D eigenvalue weighted by molar-refractivity contribution is 6.30. The molecule has 1 aliphatic heterocycles. The molecule has 0 spiro atoms. The number of nitrogens with one attached hydrogen (secondary N) is 1. The van der Waals surface area contributed by atoms with Gasteiger partial charge in [-0.15, -0.1) is 0 Å². The number of carbonyl (C=O) groups excluding carboxylic acids is 2. The summed E-state index contributed by atoms with van der Waals surface area (Å²) >= 11 is 5.89. The van der Waals surface area contributed by atoms with Crippen LogP contribution in [-0.4, -0.2) is 60.4 Å². The number of hydrogen-bond donors (Lipinski definition) is 1. The van der Waals surface area contributed by atoms with Gasteiger partial charge in [0.1, 0.15) is 5.75 Å². The van der Waals surface area contributed by atoms with Crippen LogP contribution in [0.2, 0.25) is 5.02 Å². The molecule has 2 aromatic carbocycles. The van der Waals surface area contributed by atoms with Crippen LogP contribution < -0.4 is 10.1 Å². The van der Waals surface area contributed by atoms with E-state index in [-0.39, 0.29) is 24.5 Å². The first-order chi connectivity index (χ1) is 16.1. The Morgan fingerprint density at radius 3 is 2.30 bits per heavy atom. The van der Waals surface area contributed by atoms with Gasteiger partial charge in [0.2, 0.25) is 5.91 Å². The van der Waals surface area contributed by atoms with Gasteiger partial charge in [-0.05, 0) is 48.6 Å². The highest BCUT2D eigenvalue weighted by atomic mass is 35.5.